The molecule has 0 aliphatic heterocycles. The Morgan fingerprint density at radius 3 is 2.85 bits per heavy atom. The normalized spacial score (nSPS) is 16.4. The van der Waals surface area contributed by atoms with Crippen LogP contribution in [-0.4, -0.2) is 24.2 Å². The lowest BCUT2D eigenvalue weighted by Crippen LogP contribution is -2.29. The minimum atomic E-state index is -0.0818. The summed E-state index contributed by atoms with van der Waals surface area (Å²) in [5.41, 5.74) is 2.32. The highest BCUT2D eigenvalue weighted by atomic mass is 79.9. The third kappa shape index (κ3) is 4.18. The maximum absolute atomic E-state index is 11.8. The van der Waals surface area contributed by atoms with Gasteiger partial charge >= 0.3 is 0 Å². The molecule has 1 aliphatic rings. The molecular formula is C16H20BrNO2. The fourth-order valence-corrected chi connectivity index (χ4v) is 2.82. The van der Waals surface area contributed by atoms with Crippen molar-refractivity contribution in [3.05, 3.63) is 39.9 Å². The first-order chi connectivity index (χ1) is 9.54. The SMILES string of the molecule is Cc1ccc(/C=C/C(=O)NCC2(CCO)CC2)c(Br)c1. The summed E-state index contributed by atoms with van der Waals surface area (Å²) in [6.45, 7) is 2.88. The Balaban J connectivity index is 1.86. The standard InChI is InChI=1S/C16H20BrNO2/c1-12-2-3-13(14(17)10-12)4-5-15(20)18-11-16(6-7-16)8-9-19/h2-5,10,19H,6-9,11H2,1H3,(H,18,20)/b5-4+. The van der Waals surface area contributed by atoms with Crippen LogP contribution in [0.2, 0.25) is 0 Å². The summed E-state index contributed by atoms with van der Waals surface area (Å²) in [5.74, 6) is -0.0818. The van der Waals surface area contributed by atoms with E-state index in [-0.39, 0.29) is 17.9 Å². The van der Waals surface area contributed by atoms with Crippen LogP contribution < -0.4 is 5.32 Å². The molecule has 1 fully saturated rings. The van der Waals surface area contributed by atoms with Gasteiger partial charge in [-0.05, 0) is 54.9 Å². The Labute approximate surface area is 128 Å². The van der Waals surface area contributed by atoms with Crippen molar-refractivity contribution >= 4 is 27.9 Å². The Kier molecular flexibility index (Phi) is 5.00. The van der Waals surface area contributed by atoms with E-state index in [1.165, 1.54) is 5.56 Å². The number of aliphatic hydroxyl groups is 1. The number of rotatable bonds is 6. The number of aliphatic hydroxyl groups excluding tert-OH is 1. The van der Waals surface area contributed by atoms with E-state index < -0.39 is 0 Å². The second-order valence-electron chi connectivity index (χ2n) is 5.55. The molecule has 0 spiro atoms. The molecule has 108 valence electrons. The van der Waals surface area contributed by atoms with Crippen LogP contribution in [0.4, 0.5) is 0 Å². The van der Waals surface area contributed by atoms with Crippen LogP contribution in [0.25, 0.3) is 6.08 Å². The molecule has 0 atom stereocenters. The topological polar surface area (TPSA) is 49.3 Å². The molecule has 1 aromatic carbocycles. The summed E-state index contributed by atoms with van der Waals surface area (Å²) in [6, 6.07) is 6.03. The highest BCUT2D eigenvalue weighted by molar-refractivity contribution is 9.10. The van der Waals surface area contributed by atoms with Crippen molar-refractivity contribution in [2.45, 2.75) is 26.2 Å². The Morgan fingerprint density at radius 1 is 1.50 bits per heavy atom. The fraction of sp³-hybridized carbons (Fsp3) is 0.438. The molecule has 1 aromatic rings. The predicted molar refractivity (Wildman–Crippen MR) is 84.3 cm³/mol. The minimum Gasteiger partial charge on any atom is -0.396 e. The number of nitrogens with one attached hydrogen (secondary N) is 1. The molecule has 0 heterocycles. The van der Waals surface area contributed by atoms with Crippen LogP contribution in [0, 0.1) is 12.3 Å². The molecule has 1 saturated carbocycles. The van der Waals surface area contributed by atoms with E-state index in [1.54, 1.807) is 6.08 Å². The molecule has 0 aromatic heterocycles. The Morgan fingerprint density at radius 2 is 2.25 bits per heavy atom. The lowest BCUT2D eigenvalue weighted by Gasteiger charge is -2.13. The van der Waals surface area contributed by atoms with Gasteiger partial charge in [-0.1, -0.05) is 28.1 Å². The second-order valence-corrected chi connectivity index (χ2v) is 6.40. The third-order valence-electron chi connectivity index (χ3n) is 3.81. The van der Waals surface area contributed by atoms with Gasteiger partial charge in [-0.2, -0.15) is 0 Å². The van der Waals surface area contributed by atoms with Crippen LogP contribution in [0.15, 0.2) is 28.7 Å². The molecule has 0 saturated heterocycles. The monoisotopic (exact) mass is 337 g/mol. The van der Waals surface area contributed by atoms with E-state index in [4.69, 9.17) is 5.11 Å². The molecule has 20 heavy (non-hydrogen) atoms. The molecule has 0 unspecified atom stereocenters. The maximum Gasteiger partial charge on any atom is 0.244 e. The molecule has 1 aliphatic carbocycles. The van der Waals surface area contributed by atoms with Gasteiger partial charge in [0.2, 0.25) is 5.91 Å². The van der Waals surface area contributed by atoms with E-state index in [0.29, 0.717) is 6.54 Å². The molecule has 0 bridgehead atoms. The molecule has 0 radical (unpaired) electrons. The van der Waals surface area contributed by atoms with E-state index in [0.717, 1.165) is 29.3 Å². The quantitative estimate of drug-likeness (QED) is 0.784. The van der Waals surface area contributed by atoms with Gasteiger partial charge < -0.3 is 10.4 Å². The molecule has 2 N–H and O–H groups in total. The van der Waals surface area contributed by atoms with Gasteiger partial charge in [0.15, 0.2) is 0 Å². The summed E-state index contributed by atoms with van der Waals surface area (Å²) < 4.78 is 0.987. The Bertz CT molecular complexity index is 521. The third-order valence-corrected chi connectivity index (χ3v) is 4.49. The number of halogens is 1. The average molecular weight is 338 g/mol. The number of carbonyl (C=O) groups is 1. The van der Waals surface area contributed by atoms with Crippen LogP contribution in [0.3, 0.4) is 0 Å². The first kappa shape index (κ1) is 15.3. The summed E-state index contributed by atoms with van der Waals surface area (Å²) in [7, 11) is 0. The summed E-state index contributed by atoms with van der Waals surface area (Å²) >= 11 is 3.49. The Hall–Kier alpha value is -1.13. The summed E-state index contributed by atoms with van der Waals surface area (Å²) in [6.07, 6.45) is 6.34. The fourth-order valence-electron chi connectivity index (χ4n) is 2.20. The van der Waals surface area contributed by atoms with Crippen LogP contribution >= 0.6 is 15.9 Å². The lowest BCUT2D eigenvalue weighted by molar-refractivity contribution is -0.116. The van der Waals surface area contributed by atoms with Gasteiger partial charge in [0, 0.05) is 23.7 Å². The van der Waals surface area contributed by atoms with Gasteiger partial charge in [0.1, 0.15) is 0 Å². The number of amides is 1. The molecule has 3 nitrogen and oxygen atoms in total. The number of carbonyl (C=O) groups excluding carboxylic acids is 1. The number of aryl methyl sites for hydroxylation is 1. The van der Waals surface area contributed by atoms with E-state index in [9.17, 15) is 4.79 Å². The summed E-state index contributed by atoms with van der Waals surface area (Å²) in [5, 5.41) is 11.9. The zero-order valence-corrected chi connectivity index (χ0v) is 13.2. The average Bonchev–Trinajstić information content (AvgIpc) is 3.16. The van der Waals surface area contributed by atoms with E-state index in [1.807, 2.05) is 31.2 Å². The van der Waals surface area contributed by atoms with Crippen molar-refractivity contribution in [1.29, 1.82) is 0 Å². The van der Waals surface area contributed by atoms with E-state index >= 15 is 0 Å². The second kappa shape index (κ2) is 6.55. The lowest BCUT2D eigenvalue weighted by atomic mass is 10.0. The van der Waals surface area contributed by atoms with Crippen molar-refractivity contribution in [3.8, 4) is 0 Å². The van der Waals surface area contributed by atoms with Crippen molar-refractivity contribution in [1.82, 2.24) is 5.32 Å². The maximum atomic E-state index is 11.8. The largest absolute Gasteiger partial charge is 0.396 e. The smallest absolute Gasteiger partial charge is 0.244 e. The highest BCUT2D eigenvalue weighted by Gasteiger charge is 2.41. The van der Waals surface area contributed by atoms with Gasteiger partial charge in [-0.25, -0.2) is 0 Å². The number of benzene rings is 1. The molecule has 4 heteroatoms. The van der Waals surface area contributed by atoms with Crippen molar-refractivity contribution < 1.29 is 9.90 Å². The number of hydrogen-bond acceptors (Lipinski definition) is 2. The van der Waals surface area contributed by atoms with Crippen molar-refractivity contribution in [2.75, 3.05) is 13.2 Å². The van der Waals surface area contributed by atoms with E-state index in [2.05, 4.69) is 21.2 Å². The highest BCUT2D eigenvalue weighted by Crippen LogP contribution is 2.47. The first-order valence-electron chi connectivity index (χ1n) is 6.88. The van der Waals surface area contributed by atoms with Gasteiger partial charge in [-0.15, -0.1) is 0 Å². The predicted octanol–water partition coefficient (Wildman–Crippen LogP) is 3.05. The van der Waals surface area contributed by atoms with Crippen molar-refractivity contribution in [3.63, 3.8) is 0 Å². The van der Waals surface area contributed by atoms with Crippen LogP contribution in [0.5, 0.6) is 0 Å². The zero-order chi connectivity index (χ0) is 14.6. The van der Waals surface area contributed by atoms with Crippen LogP contribution in [0.1, 0.15) is 30.4 Å². The molecular weight excluding hydrogens is 318 g/mol. The summed E-state index contributed by atoms with van der Waals surface area (Å²) in [4.78, 5) is 11.8. The number of hydrogen-bond donors (Lipinski definition) is 2. The van der Waals surface area contributed by atoms with Crippen LogP contribution in [-0.2, 0) is 4.79 Å². The molecule has 1 amide bonds. The van der Waals surface area contributed by atoms with Gasteiger partial charge in [0.25, 0.3) is 0 Å². The minimum absolute atomic E-state index is 0.0818. The zero-order valence-electron chi connectivity index (χ0n) is 11.7. The van der Waals surface area contributed by atoms with Gasteiger partial charge in [-0.3, -0.25) is 4.79 Å². The van der Waals surface area contributed by atoms with Crippen molar-refractivity contribution in [2.24, 2.45) is 5.41 Å². The first-order valence-corrected chi connectivity index (χ1v) is 7.67. The molecule has 2 rings (SSSR count). The van der Waals surface area contributed by atoms with Gasteiger partial charge in [0.05, 0.1) is 0 Å².